The summed E-state index contributed by atoms with van der Waals surface area (Å²) in [4.78, 5) is 12.5. The number of hydrogen-bond donors (Lipinski definition) is 1. The molecule has 0 bridgehead atoms. The van der Waals surface area contributed by atoms with Crippen LogP contribution in [0.2, 0.25) is 0 Å². The highest BCUT2D eigenvalue weighted by atomic mass is 16.5. The average Bonchev–Trinajstić information content (AvgIpc) is 3.19. The first-order valence-corrected chi connectivity index (χ1v) is 8.96. The van der Waals surface area contributed by atoms with Gasteiger partial charge in [0.2, 0.25) is 0 Å². The van der Waals surface area contributed by atoms with Crippen molar-refractivity contribution in [2.75, 3.05) is 13.2 Å². The molecule has 4 nitrogen and oxygen atoms in total. The maximum absolute atomic E-state index is 12.5. The molecule has 1 saturated heterocycles. The van der Waals surface area contributed by atoms with Crippen molar-refractivity contribution in [3.05, 3.63) is 65.7 Å². The van der Waals surface area contributed by atoms with E-state index in [0.29, 0.717) is 12.2 Å². The first kappa shape index (κ1) is 17.5. The van der Waals surface area contributed by atoms with Crippen LogP contribution < -0.4 is 10.1 Å². The molecule has 2 unspecified atom stereocenters. The molecule has 1 heterocycles. The van der Waals surface area contributed by atoms with Crippen LogP contribution in [0.25, 0.3) is 0 Å². The number of rotatable bonds is 7. The summed E-state index contributed by atoms with van der Waals surface area (Å²) >= 11 is 0. The van der Waals surface area contributed by atoms with Gasteiger partial charge >= 0.3 is 0 Å². The number of hydrogen-bond acceptors (Lipinski definition) is 3. The van der Waals surface area contributed by atoms with E-state index < -0.39 is 0 Å². The fraction of sp³-hybridized carbons (Fsp3) is 0.381. The van der Waals surface area contributed by atoms with Gasteiger partial charge in [0.1, 0.15) is 12.4 Å². The second-order valence-corrected chi connectivity index (χ2v) is 6.32. The normalized spacial score (nSPS) is 17.9. The highest BCUT2D eigenvalue weighted by Gasteiger charge is 2.16. The Morgan fingerprint density at radius 2 is 1.96 bits per heavy atom. The molecule has 2 atom stereocenters. The monoisotopic (exact) mass is 339 g/mol. The van der Waals surface area contributed by atoms with Crippen LogP contribution in [0.15, 0.2) is 54.6 Å². The van der Waals surface area contributed by atoms with Gasteiger partial charge in [0.15, 0.2) is 0 Å². The molecule has 1 fully saturated rings. The van der Waals surface area contributed by atoms with E-state index in [-0.39, 0.29) is 18.1 Å². The third-order valence-corrected chi connectivity index (χ3v) is 4.49. The lowest BCUT2D eigenvalue weighted by Crippen LogP contribution is -2.28. The molecule has 2 aromatic carbocycles. The van der Waals surface area contributed by atoms with E-state index in [2.05, 4.69) is 12.2 Å². The third kappa shape index (κ3) is 4.83. The molecule has 0 radical (unpaired) electrons. The Labute approximate surface area is 149 Å². The van der Waals surface area contributed by atoms with E-state index in [0.717, 1.165) is 37.2 Å². The molecule has 0 saturated carbocycles. The van der Waals surface area contributed by atoms with Gasteiger partial charge in [-0.15, -0.1) is 0 Å². The van der Waals surface area contributed by atoms with Gasteiger partial charge in [-0.1, -0.05) is 37.3 Å². The lowest BCUT2D eigenvalue weighted by molar-refractivity contribution is 0.0679. The maximum Gasteiger partial charge on any atom is 0.251 e. The fourth-order valence-electron chi connectivity index (χ4n) is 3.02. The van der Waals surface area contributed by atoms with Crippen LogP contribution >= 0.6 is 0 Å². The van der Waals surface area contributed by atoms with Crippen molar-refractivity contribution in [2.45, 2.75) is 38.3 Å². The van der Waals surface area contributed by atoms with Gasteiger partial charge in [0.25, 0.3) is 5.91 Å². The Balaban J connectivity index is 1.56. The van der Waals surface area contributed by atoms with Gasteiger partial charge in [-0.05, 0) is 49.1 Å². The van der Waals surface area contributed by atoms with E-state index in [1.165, 1.54) is 0 Å². The second-order valence-electron chi connectivity index (χ2n) is 6.32. The number of amides is 1. The van der Waals surface area contributed by atoms with Gasteiger partial charge in [0.05, 0.1) is 12.1 Å². The largest absolute Gasteiger partial charge is 0.491 e. The first-order valence-electron chi connectivity index (χ1n) is 8.96. The van der Waals surface area contributed by atoms with Gasteiger partial charge in [-0.2, -0.15) is 0 Å². The Bertz CT molecular complexity index is 663. The second kappa shape index (κ2) is 8.67. The summed E-state index contributed by atoms with van der Waals surface area (Å²) in [5, 5.41) is 3.10. The molecule has 3 rings (SSSR count). The minimum Gasteiger partial charge on any atom is -0.491 e. The fourth-order valence-corrected chi connectivity index (χ4v) is 3.02. The Hall–Kier alpha value is -2.33. The van der Waals surface area contributed by atoms with Crippen LogP contribution in [0, 0.1) is 0 Å². The van der Waals surface area contributed by atoms with Crippen LogP contribution in [0.1, 0.15) is 48.1 Å². The Kier molecular flexibility index (Phi) is 6.07. The Morgan fingerprint density at radius 1 is 1.20 bits per heavy atom. The molecule has 0 aromatic heterocycles. The van der Waals surface area contributed by atoms with Crippen molar-refractivity contribution in [2.24, 2.45) is 0 Å². The van der Waals surface area contributed by atoms with Gasteiger partial charge < -0.3 is 14.8 Å². The van der Waals surface area contributed by atoms with E-state index >= 15 is 0 Å². The smallest absolute Gasteiger partial charge is 0.251 e. The van der Waals surface area contributed by atoms with Crippen LogP contribution in [0.3, 0.4) is 0 Å². The van der Waals surface area contributed by atoms with Gasteiger partial charge in [0, 0.05) is 12.2 Å². The van der Waals surface area contributed by atoms with E-state index in [9.17, 15) is 4.79 Å². The average molecular weight is 339 g/mol. The van der Waals surface area contributed by atoms with Gasteiger partial charge in [-0.3, -0.25) is 4.79 Å². The van der Waals surface area contributed by atoms with Crippen LogP contribution in [-0.2, 0) is 4.74 Å². The number of nitrogens with one attached hydrogen (secondary N) is 1. The molecule has 25 heavy (non-hydrogen) atoms. The summed E-state index contributed by atoms with van der Waals surface area (Å²) in [5.41, 5.74) is 1.76. The number of ether oxygens (including phenoxy) is 2. The third-order valence-electron chi connectivity index (χ3n) is 4.49. The SMILES string of the molecule is CCC(NC(=O)c1ccc(OCC2CCCO2)cc1)c1ccccc1. The number of carbonyl (C=O) groups is 1. The zero-order chi connectivity index (χ0) is 17.5. The predicted octanol–water partition coefficient (Wildman–Crippen LogP) is 4.13. The standard InChI is InChI=1S/C21H25NO3/c1-2-20(16-7-4-3-5-8-16)22-21(23)17-10-12-18(13-11-17)25-15-19-9-6-14-24-19/h3-5,7-8,10-13,19-20H,2,6,9,14-15H2,1H3,(H,22,23). The lowest BCUT2D eigenvalue weighted by Gasteiger charge is -2.17. The summed E-state index contributed by atoms with van der Waals surface area (Å²) in [5.74, 6) is 0.698. The first-order chi connectivity index (χ1) is 12.3. The van der Waals surface area contributed by atoms with Crippen molar-refractivity contribution in [3.8, 4) is 5.75 Å². The molecule has 0 spiro atoms. The number of benzene rings is 2. The van der Waals surface area contributed by atoms with Crippen LogP contribution in [0.5, 0.6) is 5.75 Å². The summed E-state index contributed by atoms with van der Waals surface area (Å²) in [7, 11) is 0. The van der Waals surface area contributed by atoms with Crippen molar-refractivity contribution in [1.29, 1.82) is 0 Å². The van der Waals surface area contributed by atoms with E-state index in [1.54, 1.807) is 12.1 Å². The molecular formula is C21H25NO3. The molecule has 1 amide bonds. The highest BCUT2D eigenvalue weighted by molar-refractivity contribution is 5.94. The summed E-state index contributed by atoms with van der Waals surface area (Å²) < 4.78 is 11.3. The van der Waals surface area contributed by atoms with Crippen LogP contribution in [-0.4, -0.2) is 25.2 Å². The van der Waals surface area contributed by atoms with E-state index in [1.807, 2.05) is 42.5 Å². The predicted molar refractivity (Wildman–Crippen MR) is 97.9 cm³/mol. The minimum absolute atomic E-state index is 0.0177. The van der Waals surface area contributed by atoms with Crippen molar-refractivity contribution in [1.82, 2.24) is 5.32 Å². The van der Waals surface area contributed by atoms with E-state index in [4.69, 9.17) is 9.47 Å². The quantitative estimate of drug-likeness (QED) is 0.825. The highest BCUT2D eigenvalue weighted by Crippen LogP contribution is 2.19. The molecular weight excluding hydrogens is 314 g/mol. The topological polar surface area (TPSA) is 47.6 Å². The molecule has 2 aromatic rings. The minimum atomic E-state index is -0.0682. The summed E-state index contributed by atoms with van der Waals surface area (Å²) in [6, 6.07) is 17.3. The van der Waals surface area contributed by atoms with Gasteiger partial charge in [-0.25, -0.2) is 0 Å². The molecule has 4 heteroatoms. The molecule has 1 aliphatic rings. The van der Waals surface area contributed by atoms with Crippen molar-refractivity contribution < 1.29 is 14.3 Å². The van der Waals surface area contributed by atoms with Crippen LogP contribution in [0.4, 0.5) is 0 Å². The Morgan fingerprint density at radius 3 is 2.60 bits per heavy atom. The summed E-state index contributed by atoms with van der Waals surface area (Å²) in [6.45, 7) is 3.46. The van der Waals surface area contributed by atoms with Crippen molar-refractivity contribution >= 4 is 5.91 Å². The number of carbonyl (C=O) groups excluding carboxylic acids is 1. The molecule has 1 N–H and O–H groups in total. The maximum atomic E-state index is 12.5. The lowest BCUT2D eigenvalue weighted by atomic mass is 10.0. The molecule has 132 valence electrons. The van der Waals surface area contributed by atoms with Crippen molar-refractivity contribution in [3.63, 3.8) is 0 Å². The summed E-state index contributed by atoms with van der Waals surface area (Å²) in [6.07, 6.45) is 3.20. The molecule has 1 aliphatic heterocycles. The zero-order valence-corrected chi connectivity index (χ0v) is 14.6. The molecule has 0 aliphatic carbocycles. The zero-order valence-electron chi connectivity index (χ0n) is 14.6.